The topological polar surface area (TPSA) is 75.1 Å². The van der Waals surface area contributed by atoms with Gasteiger partial charge in [0.15, 0.2) is 0 Å². The molecule has 0 saturated carbocycles. The van der Waals surface area contributed by atoms with Crippen molar-refractivity contribution < 1.29 is 13.6 Å². The third-order valence-corrected chi connectivity index (χ3v) is 6.54. The molecule has 5 heterocycles. The number of rotatable bonds is 3. The van der Waals surface area contributed by atoms with Gasteiger partial charge in [-0.05, 0) is 40.9 Å². The summed E-state index contributed by atoms with van der Waals surface area (Å²) in [6, 6.07) is 5.10. The lowest BCUT2D eigenvalue weighted by Crippen LogP contribution is -2.43. The molecule has 29 heavy (non-hydrogen) atoms. The van der Waals surface area contributed by atoms with Gasteiger partial charge in [0, 0.05) is 12.4 Å². The number of carbonyl (C=O) groups excluding carboxylic acids is 1. The molecule has 3 aliphatic rings. The molecule has 146 valence electrons. The Hall–Kier alpha value is -2.81. The first kappa shape index (κ1) is 17.1. The zero-order valence-electron chi connectivity index (χ0n) is 15.1. The average Bonchev–Trinajstić information content (AvgIpc) is 3.07. The summed E-state index contributed by atoms with van der Waals surface area (Å²) < 4.78 is 20.7. The average molecular weight is 456 g/mol. The van der Waals surface area contributed by atoms with Crippen LogP contribution in [-0.2, 0) is 0 Å². The van der Waals surface area contributed by atoms with Crippen molar-refractivity contribution >= 4 is 27.8 Å². The number of hydrogen-bond donors (Lipinski definition) is 0. The molecule has 4 unspecified atom stereocenters. The van der Waals surface area contributed by atoms with Crippen LogP contribution in [0.2, 0.25) is 0 Å². The first-order valence-corrected chi connectivity index (χ1v) is 10.2. The minimum atomic E-state index is -0.514. The molecule has 1 amide bonds. The number of halogens is 2. The van der Waals surface area contributed by atoms with Crippen molar-refractivity contribution in [2.75, 3.05) is 4.90 Å². The lowest BCUT2D eigenvalue weighted by molar-refractivity contribution is 0.0712. The number of amides is 1. The van der Waals surface area contributed by atoms with Crippen LogP contribution in [0.5, 0.6) is 0 Å². The fraction of sp³-hybridized carbons (Fsp3) is 0.300. The van der Waals surface area contributed by atoms with Crippen LogP contribution in [0, 0.1) is 5.82 Å². The Morgan fingerprint density at radius 2 is 1.86 bits per heavy atom. The van der Waals surface area contributed by atoms with Gasteiger partial charge in [0.2, 0.25) is 11.8 Å². The molecule has 3 saturated heterocycles. The second kappa shape index (κ2) is 6.09. The summed E-state index contributed by atoms with van der Waals surface area (Å²) in [6.07, 6.45) is 8.14. The summed E-state index contributed by atoms with van der Waals surface area (Å²) in [4.78, 5) is 30.4. The first-order chi connectivity index (χ1) is 14.1. The smallest absolute Gasteiger partial charge is 0.255 e. The Morgan fingerprint density at radius 3 is 2.52 bits per heavy atom. The van der Waals surface area contributed by atoms with Crippen LogP contribution in [0.15, 0.2) is 51.9 Å². The van der Waals surface area contributed by atoms with Crippen LogP contribution in [0.3, 0.4) is 0 Å². The third kappa shape index (κ3) is 2.40. The van der Waals surface area contributed by atoms with Crippen LogP contribution >= 0.6 is 15.9 Å². The predicted molar refractivity (Wildman–Crippen MR) is 105 cm³/mol. The normalized spacial score (nSPS) is 26.7. The number of oxazole rings is 1. The van der Waals surface area contributed by atoms with Crippen molar-refractivity contribution in [3.8, 4) is 11.5 Å². The van der Waals surface area contributed by atoms with Crippen LogP contribution < -0.4 is 4.90 Å². The van der Waals surface area contributed by atoms with Gasteiger partial charge < -0.3 is 14.2 Å². The van der Waals surface area contributed by atoms with E-state index in [1.807, 2.05) is 4.90 Å². The van der Waals surface area contributed by atoms with E-state index < -0.39 is 5.82 Å². The number of benzene rings is 1. The number of nitrogens with zero attached hydrogens (tertiary/aromatic N) is 5. The van der Waals surface area contributed by atoms with E-state index in [-0.39, 0.29) is 47.1 Å². The number of aromatic nitrogens is 3. The van der Waals surface area contributed by atoms with E-state index in [9.17, 15) is 9.18 Å². The fourth-order valence-corrected chi connectivity index (χ4v) is 5.25. The van der Waals surface area contributed by atoms with Crippen molar-refractivity contribution in [1.82, 2.24) is 19.9 Å². The largest absolute Gasteiger partial charge is 0.444 e. The highest BCUT2D eigenvalue weighted by molar-refractivity contribution is 9.10. The first-order valence-electron chi connectivity index (χ1n) is 9.42. The molecule has 7 nitrogen and oxygen atoms in total. The van der Waals surface area contributed by atoms with Gasteiger partial charge in [0.05, 0.1) is 46.0 Å². The minimum Gasteiger partial charge on any atom is -0.444 e. The quantitative estimate of drug-likeness (QED) is 0.564. The molecule has 9 heteroatoms. The maximum atomic E-state index is 14.6. The Balaban J connectivity index is 1.32. The lowest BCUT2D eigenvalue weighted by Gasteiger charge is -2.28. The van der Waals surface area contributed by atoms with Crippen molar-refractivity contribution in [3.63, 3.8) is 0 Å². The van der Waals surface area contributed by atoms with E-state index in [1.165, 1.54) is 18.5 Å². The molecule has 0 spiro atoms. The number of fused-ring (bicyclic) bond motifs is 5. The molecule has 3 fully saturated rings. The zero-order valence-corrected chi connectivity index (χ0v) is 16.7. The fourth-order valence-electron chi connectivity index (χ4n) is 5.04. The highest BCUT2D eigenvalue weighted by Gasteiger charge is 2.70. The van der Waals surface area contributed by atoms with Crippen molar-refractivity contribution in [1.29, 1.82) is 0 Å². The standard InChI is InChI=1S/C20H15BrFN5O2/c21-10-8-24-20(25-9-10)27-16-13-4-5-14(17(16)27)26(13)19(28)11-2-1-3-12(22)15(11)18-23-6-7-29-18/h1-3,6-9,13-14,16-17H,4-5H2. The van der Waals surface area contributed by atoms with Gasteiger partial charge in [0.1, 0.15) is 12.1 Å². The van der Waals surface area contributed by atoms with E-state index >= 15 is 0 Å². The maximum Gasteiger partial charge on any atom is 0.255 e. The molecule has 6 rings (SSSR count). The van der Waals surface area contributed by atoms with Gasteiger partial charge in [-0.3, -0.25) is 4.79 Å². The Morgan fingerprint density at radius 1 is 1.14 bits per heavy atom. The van der Waals surface area contributed by atoms with Gasteiger partial charge in [-0.2, -0.15) is 0 Å². The minimum absolute atomic E-state index is 0.0745. The van der Waals surface area contributed by atoms with Crippen LogP contribution in [0.25, 0.3) is 11.5 Å². The van der Waals surface area contributed by atoms with Crippen molar-refractivity contribution in [3.05, 3.63) is 58.9 Å². The van der Waals surface area contributed by atoms with E-state index in [1.54, 1.807) is 24.5 Å². The van der Waals surface area contributed by atoms with E-state index in [0.717, 1.165) is 17.3 Å². The maximum absolute atomic E-state index is 14.6. The summed E-state index contributed by atoms with van der Waals surface area (Å²) in [6.45, 7) is 0. The summed E-state index contributed by atoms with van der Waals surface area (Å²) in [5.74, 6) is 0.125. The predicted octanol–water partition coefficient (Wildman–Crippen LogP) is 3.28. The summed E-state index contributed by atoms with van der Waals surface area (Å²) in [7, 11) is 0. The van der Waals surface area contributed by atoms with Gasteiger partial charge in [-0.25, -0.2) is 19.3 Å². The molecule has 0 aliphatic carbocycles. The zero-order chi connectivity index (χ0) is 19.7. The van der Waals surface area contributed by atoms with Gasteiger partial charge in [0.25, 0.3) is 5.91 Å². The Bertz CT molecular complexity index is 1090. The number of carbonyl (C=O) groups is 1. The molecular weight excluding hydrogens is 441 g/mol. The molecule has 0 N–H and O–H groups in total. The summed E-state index contributed by atoms with van der Waals surface area (Å²) in [5.41, 5.74) is 0.410. The monoisotopic (exact) mass is 455 g/mol. The molecule has 2 aromatic heterocycles. The van der Waals surface area contributed by atoms with Crippen molar-refractivity contribution in [2.45, 2.75) is 37.0 Å². The van der Waals surface area contributed by atoms with Gasteiger partial charge in [-0.15, -0.1) is 0 Å². The van der Waals surface area contributed by atoms with Gasteiger partial charge in [-0.1, -0.05) is 6.07 Å². The molecule has 1 aromatic carbocycles. The number of anilines is 1. The number of piperazine rings is 1. The highest BCUT2D eigenvalue weighted by Crippen LogP contribution is 2.54. The molecule has 3 aliphatic heterocycles. The summed E-state index contributed by atoms with van der Waals surface area (Å²) >= 11 is 3.36. The second-order valence-corrected chi connectivity index (χ2v) is 8.43. The molecule has 3 aromatic rings. The van der Waals surface area contributed by atoms with Crippen LogP contribution in [0.1, 0.15) is 23.2 Å². The SMILES string of the molecule is O=C(c1cccc(F)c1-c1ncco1)N1C2CCC1C1C2N1c1ncc(Br)cn1. The Kier molecular flexibility index (Phi) is 3.59. The van der Waals surface area contributed by atoms with E-state index in [0.29, 0.717) is 5.95 Å². The molecule has 4 atom stereocenters. The van der Waals surface area contributed by atoms with Crippen molar-refractivity contribution in [2.24, 2.45) is 0 Å². The Labute approximate surface area is 173 Å². The molecular formula is C20H15BrFN5O2. The second-order valence-electron chi connectivity index (χ2n) is 7.51. The third-order valence-electron chi connectivity index (χ3n) is 6.13. The van der Waals surface area contributed by atoms with Crippen LogP contribution in [-0.4, -0.2) is 49.9 Å². The van der Waals surface area contributed by atoms with E-state index in [2.05, 4.69) is 35.8 Å². The molecule has 2 bridgehead atoms. The molecule has 0 radical (unpaired) electrons. The van der Waals surface area contributed by atoms with E-state index in [4.69, 9.17) is 4.42 Å². The summed E-state index contributed by atoms with van der Waals surface area (Å²) in [5, 5.41) is 0. The number of hydrogen-bond acceptors (Lipinski definition) is 6. The lowest BCUT2D eigenvalue weighted by atomic mass is 10.0. The van der Waals surface area contributed by atoms with Gasteiger partial charge >= 0.3 is 0 Å². The van der Waals surface area contributed by atoms with Crippen LogP contribution in [0.4, 0.5) is 10.3 Å². The highest BCUT2D eigenvalue weighted by atomic mass is 79.9.